The fraction of sp³-hybridized carbons (Fsp3) is 0.556. The minimum absolute atomic E-state index is 0.0837. The van der Waals surface area contributed by atoms with Gasteiger partial charge in [0, 0.05) is 20.0 Å². The summed E-state index contributed by atoms with van der Waals surface area (Å²) in [5.74, 6) is 0.222. The maximum absolute atomic E-state index is 12.6. The van der Waals surface area contributed by atoms with Gasteiger partial charge in [0.2, 0.25) is 11.8 Å². The molecule has 1 atom stereocenters. The van der Waals surface area contributed by atoms with E-state index in [1.54, 1.807) is 6.92 Å². The van der Waals surface area contributed by atoms with Crippen LogP contribution in [0.1, 0.15) is 25.3 Å². The topological polar surface area (TPSA) is 49.9 Å². The van der Waals surface area contributed by atoms with Crippen molar-refractivity contribution < 1.29 is 14.3 Å². The molecule has 1 aromatic carbocycles. The molecule has 1 aromatic rings. The number of hydrogen-bond donors (Lipinski definition) is 0. The molecule has 0 saturated carbocycles. The Balaban J connectivity index is 1.65. The Kier molecular flexibility index (Phi) is 4.66. The first-order valence-electron chi connectivity index (χ1n) is 8.29. The van der Waals surface area contributed by atoms with Crippen LogP contribution in [0.25, 0.3) is 0 Å². The number of piperidine rings is 1. The van der Waals surface area contributed by atoms with Crippen LogP contribution in [0.2, 0.25) is 0 Å². The number of carbonyl (C=O) groups is 2. The molecule has 0 N–H and O–H groups in total. The van der Waals surface area contributed by atoms with E-state index in [-0.39, 0.29) is 17.4 Å². The second-order valence-electron chi connectivity index (χ2n) is 6.55. The molecular weight excluding hydrogens is 292 g/mol. The highest BCUT2D eigenvalue weighted by Gasteiger charge is 2.42. The van der Waals surface area contributed by atoms with E-state index in [0.717, 1.165) is 24.9 Å². The molecule has 2 fully saturated rings. The van der Waals surface area contributed by atoms with Gasteiger partial charge in [-0.05, 0) is 18.4 Å². The Bertz CT molecular complexity index is 571. The van der Waals surface area contributed by atoms with Crippen LogP contribution in [0.3, 0.4) is 0 Å². The van der Waals surface area contributed by atoms with Crippen molar-refractivity contribution in [3.05, 3.63) is 35.9 Å². The predicted molar refractivity (Wildman–Crippen MR) is 86.9 cm³/mol. The van der Waals surface area contributed by atoms with Crippen molar-refractivity contribution in [2.45, 2.75) is 31.8 Å². The molecule has 1 spiro atoms. The van der Waals surface area contributed by atoms with Crippen molar-refractivity contribution in [2.75, 3.05) is 32.8 Å². The Hall–Kier alpha value is -1.88. The van der Waals surface area contributed by atoms with Gasteiger partial charge >= 0.3 is 0 Å². The molecule has 1 unspecified atom stereocenters. The lowest BCUT2D eigenvalue weighted by molar-refractivity contribution is -0.165. The van der Waals surface area contributed by atoms with E-state index < -0.39 is 0 Å². The second kappa shape index (κ2) is 6.71. The minimum atomic E-state index is -0.380. The van der Waals surface area contributed by atoms with Crippen LogP contribution >= 0.6 is 0 Å². The zero-order valence-corrected chi connectivity index (χ0v) is 13.7. The Morgan fingerprint density at radius 1 is 1.13 bits per heavy atom. The van der Waals surface area contributed by atoms with Gasteiger partial charge in [-0.1, -0.05) is 30.3 Å². The first-order valence-corrected chi connectivity index (χ1v) is 8.29. The van der Waals surface area contributed by atoms with E-state index in [1.165, 1.54) is 0 Å². The maximum Gasteiger partial charge on any atom is 0.227 e. The first-order chi connectivity index (χ1) is 11.1. The van der Waals surface area contributed by atoms with Gasteiger partial charge in [-0.3, -0.25) is 9.59 Å². The zero-order valence-electron chi connectivity index (χ0n) is 13.7. The van der Waals surface area contributed by atoms with Crippen LogP contribution in [0.4, 0.5) is 0 Å². The number of rotatable bonds is 2. The average molecular weight is 316 g/mol. The minimum Gasteiger partial charge on any atom is -0.369 e. The number of likely N-dealkylation sites (tertiary alicyclic amines) is 1. The molecule has 5 heteroatoms. The molecule has 5 nitrogen and oxygen atoms in total. The summed E-state index contributed by atoms with van der Waals surface area (Å²) in [5.41, 5.74) is 0.654. The predicted octanol–water partition coefficient (Wildman–Crippen LogP) is 1.47. The van der Waals surface area contributed by atoms with E-state index in [0.29, 0.717) is 32.7 Å². The monoisotopic (exact) mass is 316 g/mol. The number of ether oxygens (including phenoxy) is 1. The molecule has 2 saturated heterocycles. The fourth-order valence-corrected chi connectivity index (χ4v) is 3.55. The van der Waals surface area contributed by atoms with Crippen LogP contribution in [-0.2, 0) is 20.7 Å². The lowest BCUT2D eigenvalue weighted by atomic mass is 9.90. The maximum atomic E-state index is 12.6. The summed E-state index contributed by atoms with van der Waals surface area (Å²) in [6, 6.07) is 9.82. The second-order valence-corrected chi connectivity index (χ2v) is 6.55. The van der Waals surface area contributed by atoms with Gasteiger partial charge in [0.05, 0.1) is 26.1 Å². The molecule has 0 aromatic heterocycles. The summed E-state index contributed by atoms with van der Waals surface area (Å²) >= 11 is 0. The van der Waals surface area contributed by atoms with Crippen LogP contribution in [-0.4, -0.2) is 60.0 Å². The lowest BCUT2D eigenvalue weighted by Crippen LogP contribution is -2.61. The van der Waals surface area contributed by atoms with E-state index in [4.69, 9.17) is 4.74 Å². The largest absolute Gasteiger partial charge is 0.369 e. The van der Waals surface area contributed by atoms with Gasteiger partial charge in [0.15, 0.2) is 0 Å². The molecule has 3 rings (SSSR count). The van der Waals surface area contributed by atoms with E-state index in [2.05, 4.69) is 0 Å². The molecule has 0 bridgehead atoms. The quantitative estimate of drug-likeness (QED) is 0.830. The summed E-state index contributed by atoms with van der Waals surface area (Å²) in [4.78, 5) is 28.0. The highest BCUT2D eigenvalue weighted by molar-refractivity contribution is 5.79. The van der Waals surface area contributed by atoms with Gasteiger partial charge in [-0.15, -0.1) is 0 Å². The fourth-order valence-electron chi connectivity index (χ4n) is 3.55. The van der Waals surface area contributed by atoms with E-state index in [1.807, 2.05) is 40.1 Å². The Morgan fingerprint density at radius 3 is 2.61 bits per heavy atom. The van der Waals surface area contributed by atoms with Crippen LogP contribution in [0, 0.1) is 0 Å². The molecule has 23 heavy (non-hydrogen) atoms. The normalized spacial score (nSPS) is 24.7. The summed E-state index contributed by atoms with van der Waals surface area (Å²) in [6.07, 6.45) is 2.26. The summed E-state index contributed by atoms with van der Waals surface area (Å²) < 4.78 is 6.03. The summed E-state index contributed by atoms with van der Waals surface area (Å²) in [7, 11) is 0. The molecular formula is C18H24N2O3. The molecule has 124 valence electrons. The highest BCUT2D eigenvalue weighted by Crippen LogP contribution is 2.29. The molecule has 0 aliphatic carbocycles. The van der Waals surface area contributed by atoms with Crippen molar-refractivity contribution in [2.24, 2.45) is 0 Å². The van der Waals surface area contributed by atoms with Crippen molar-refractivity contribution >= 4 is 11.8 Å². The number of benzene rings is 1. The number of nitrogens with zero attached hydrogens (tertiary/aromatic N) is 2. The van der Waals surface area contributed by atoms with Crippen molar-refractivity contribution in [3.8, 4) is 0 Å². The number of hydrogen-bond acceptors (Lipinski definition) is 3. The smallest absolute Gasteiger partial charge is 0.227 e. The van der Waals surface area contributed by atoms with Crippen LogP contribution in [0.15, 0.2) is 30.3 Å². The first kappa shape index (κ1) is 16.0. The zero-order chi connectivity index (χ0) is 16.3. The Labute approximate surface area is 137 Å². The molecule has 2 aliphatic rings. The molecule has 2 amide bonds. The molecule has 2 heterocycles. The summed E-state index contributed by atoms with van der Waals surface area (Å²) in [5, 5.41) is 0. The summed E-state index contributed by atoms with van der Waals surface area (Å²) in [6.45, 7) is 4.76. The van der Waals surface area contributed by atoms with Crippen LogP contribution in [0.5, 0.6) is 0 Å². The third kappa shape index (κ3) is 3.72. The highest BCUT2D eigenvalue weighted by atomic mass is 16.5. The van der Waals surface area contributed by atoms with Gasteiger partial charge in [0.25, 0.3) is 0 Å². The SMILES string of the molecule is CC(=O)N1CCOC2(CCCN(C(=O)Cc3ccccc3)C2)C1. The molecule has 2 aliphatic heterocycles. The van der Waals surface area contributed by atoms with Crippen LogP contribution < -0.4 is 0 Å². The van der Waals surface area contributed by atoms with Gasteiger partial charge < -0.3 is 14.5 Å². The van der Waals surface area contributed by atoms with E-state index in [9.17, 15) is 9.59 Å². The number of morpholine rings is 1. The number of carbonyl (C=O) groups excluding carboxylic acids is 2. The average Bonchev–Trinajstić information content (AvgIpc) is 2.56. The van der Waals surface area contributed by atoms with Crippen molar-refractivity contribution in [1.82, 2.24) is 9.80 Å². The molecule has 0 radical (unpaired) electrons. The van der Waals surface area contributed by atoms with E-state index >= 15 is 0 Å². The lowest BCUT2D eigenvalue weighted by Gasteiger charge is -2.47. The number of amides is 2. The van der Waals surface area contributed by atoms with Crippen molar-refractivity contribution in [3.63, 3.8) is 0 Å². The van der Waals surface area contributed by atoms with Crippen molar-refractivity contribution in [1.29, 1.82) is 0 Å². The van der Waals surface area contributed by atoms with Gasteiger partial charge in [0.1, 0.15) is 5.60 Å². The third-order valence-electron chi connectivity index (χ3n) is 4.78. The Morgan fingerprint density at radius 2 is 1.87 bits per heavy atom. The van der Waals surface area contributed by atoms with Gasteiger partial charge in [-0.25, -0.2) is 0 Å². The standard InChI is InChI=1S/C18H24N2O3/c1-15(21)19-10-11-23-18(13-19)8-5-9-20(14-18)17(22)12-16-6-3-2-4-7-16/h2-4,6-7H,5,8-14H2,1H3. The third-order valence-corrected chi connectivity index (χ3v) is 4.78. The van der Waals surface area contributed by atoms with Gasteiger partial charge in [-0.2, -0.15) is 0 Å².